The fourth-order valence-corrected chi connectivity index (χ4v) is 3.23. The predicted octanol–water partition coefficient (Wildman–Crippen LogP) is 5.48. The molecule has 2 rings (SSSR count). The van der Waals surface area contributed by atoms with Crippen LogP contribution >= 0.6 is 11.8 Å². The Labute approximate surface area is 164 Å². The Morgan fingerprint density at radius 1 is 1.15 bits per heavy atom. The zero-order valence-electron chi connectivity index (χ0n) is 16.0. The summed E-state index contributed by atoms with van der Waals surface area (Å²) >= 11 is 1.39. The van der Waals surface area contributed by atoms with Crippen molar-refractivity contribution < 1.29 is 9.53 Å². The lowest BCUT2D eigenvalue weighted by molar-refractivity contribution is 0.0397. The van der Waals surface area contributed by atoms with Crippen molar-refractivity contribution in [2.24, 2.45) is 0 Å². The summed E-state index contributed by atoms with van der Waals surface area (Å²) in [5, 5.41) is 19.3. The van der Waals surface area contributed by atoms with Gasteiger partial charge < -0.3 is 4.74 Å². The molecule has 0 spiro atoms. The molecule has 1 aromatic rings. The van der Waals surface area contributed by atoms with Crippen LogP contribution in [0.5, 0.6) is 0 Å². The molecule has 1 amide bonds. The van der Waals surface area contributed by atoms with E-state index in [-0.39, 0.29) is 5.57 Å². The fraction of sp³-hybridized carbons (Fsp3) is 0.286. The van der Waals surface area contributed by atoms with Gasteiger partial charge in [-0.1, -0.05) is 41.6 Å². The minimum atomic E-state index is -0.628. The van der Waals surface area contributed by atoms with Crippen LogP contribution in [0.15, 0.2) is 52.0 Å². The van der Waals surface area contributed by atoms with Gasteiger partial charge in [0.15, 0.2) is 0 Å². The first kappa shape index (κ1) is 20.4. The highest BCUT2D eigenvalue weighted by atomic mass is 32.2. The molecule has 1 aliphatic heterocycles. The van der Waals surface area contributed by atoms with Gasteiger partial charge >= 0.3 is 6.09 Å². The molecule has 27 heavy (non-hydrogen) atoms. The molecule has 0 saturated carbocycles. The van der Waals surface area contributed by atoms with Gasteiger partial charge in [0.25, 0.3) is 0 Å². The zero-order valence-corrected chi connectivity index (χ0v) is 16.8. The summed E-state index contributed by atoms with van der Waals surface area (Å²) in [6, 6.07) is 11.4. The van der Waals surface area contributed by atoms with E-state index in [0.717, 1.165) is 16.0 Å². The first-order chi connectivity index (χ1) is 12.6. The molecule has 0 aliphatic carbocycles. The van der Waals surface area contributed by atoms with E-state index >= 15 is 0 Å². The fourth-order valence-electron chi connectivity index (χ4n) is 2.34. The third-order valence-corrected chi connectivity index (χ3v) is 4.48. The first-order valence-corrected chi connectivity index (χ1v) is 9.18. The lowest BCUT2D eigenvalue weighted by Crippen LogP contribution is -2.31. The van der Waals surface area contributed by atoms with E-state index in [4.69, 9.17) is 4.74 Å². The van der Waals surface area contributed by atoms with Gasteiger partial charge in [-0.25, -0.2) is 9.69 Å². The average molecular weight is 379 g/mol. The van der Waals surface area contributed by atoms with Crippen molar-refractivity contribution >= 4 is 23.4 Å². The Morgan fingerprint density at radius 2 is 1.74 bits per heavy atom. The van der Waals surface area contributed by atoms with Crippen molar-refractivity contribution in [3.8, 4) is 12.1 Å². The van der Waals surface area contributed by atoms with Gasteiger partial charge in [0.05, 0.1) is 5.03 Å². The molecule has 6 heteroatoms. The molecule has 1 heterocycles. The third-order valence-electron chi connectivity index (χ3n) is 3.53. The number of amides is 1. The van der Waals surface area contributed by atoms with Gasteiger partial charge in [-0.3, -0.25) is 0 Å². The van der Waals surface area contributed by atoms with Crippen molar-refractivity contribution in [3.05, 3.63) is 63.2 Å². The van der Waals surface area contributed by atoms with Crippen LogP contribution in [0.1, 0.15) is 38.8 Å². The summed E-state index contributed by atoms with van der Waals surface area (Å²) < 4.78 is 5.46. The van der Waals surface area contributed by atoms with Crippen LogP contribution in [0.2, 0.25) is 0 Å². The van der Waals surface area contributed by atoms with Gasteiger partial charge in [0.1, 0.15) is 23.3 Å². The van der Waals surface area contributed by atoms with Crippen molar-refractivity contribution in [3.63, 3.8) is 0 Å². The molecule has 0 saturated heterocycles. The van der Waals surface area contributed by atoms with Crippen molar-refractivity contribution in [1.82, 2.24) is 4.90 Å². The molecule has 5 nitrogen and oxygen atoms in total. The first-order valence-electron chi connectivity index (χ1n) is 8.36. The molecule has 0 N–H and O–H groups in total. The largest absolute Gasteiger partial charge is 0.443 e. The molecule has 0 bridgehead atoms. The summed E-state index contributed by atoms with van der Waals surface area (Å²) in [4.78, 5) is 14.9. The maximum Gasteiger partial charge on any atom is 0.419 e. The number of aryl methyl sites for hydroxylation is 1. The number of hydrogen-bond donors (Lipinski definition) is 0. The van der Waals surface area contributed by atoms with Crippen LogP contribution in [0.3, 0.4) is 0 Å². The van der Waals surface area contributed by atoms with Gasteiger partial charge in [-0.15, -0.1) is 0 Å². The van der Waals surface area contributed by atoms with E-state index in [0.29, 0.717) is 10.6 Å². The third kappa shape index (κ3) is 5.26. The van der Waals surface area contributed by atoms with E-state index in [2.05, 4.69) is 0 Å². The summed E-state index contributed by atoms with van der Waals surface area (Å²) in [7, 11) is 0. The number of nitrogens with zero attached hydrogens (tertiary/aromatic N) is 3. The topological polar surface area (TPSA) is 77.1 Å². The Morgan fingerprint density at radius 3 is 2.26 bits per heavy atom. The highest BCUT2D eigenvalue weighted by Crippen LogP contribution is 2.39. The highest BCUT2D eigenvalue weighted by molar-refractivity contribution is 8.06. The number of hydrogen-bond acceptors (Lipinski definition) is 5. The number of allylic oxidation sites excluding steroid dienone is 4. The van der Waals surface area contributed by atoms with E-state index in [9.17, 15) is 15.3 Å². The minimum Gasteiger partial charge on any atom is -0.443 e. The summed E-state index contributed by atoms with van der Waals surface area (Å²) in [5.41, 5.74) is 1.64. The number of carbonyl (C=O) groups excluding carboxylic acids is 1. The smallest absolute Gasteiger partial charge is 0.419 e. The maximum absolute atomic E-state index is 12.5. The summed E-state index contributed by atoms with van der Waals surface area (Å²) in [5.74, 6) is 0. The van der Waals surface area contributed by atoms with Gasteiger partial charge in [-0.2, -0.15) is 10.5 Å². The molecule has 138 valence electrons. The van der Waals surface area contributed by atoms with Crippen molar-refractivity contribution in [2.45, 2.75) is 40.2 Å². The van der Waals surface area contributed by atoms with Crippen LogP contribution in [-0.2, 0) is 4.74 Å². The lowest BCUT2D eigenvalue weighted by Gasteiger charge is -2.24. The second-order valence-corrected chi connectivity index (χ2v) is 8.32. The SMILES string of the molecule is CC1=CN(C(=O)OC(C)(C)C)/C(=C/C(=C(C#N)C#N)c2ccc(C)cc2)S1. The van der Waals surface area contributed by atoms with E-state index in [1.165, 1.54) is 16.7 Å². The van der Waals surface area contributed by atoms with E-state index in [1.54, 1.807) is 33.0 Å². The number of carbonyl (C=O) groups is 1. The standard InChI is InChI=1S/C21H21N3O2S/c1-14-6-8-16(9-7-14)18(17(11-22)12-23)10-19-24(13-15(2)27-19)20(25)26-21(3,4)5/h6-10,13H,1-5H3/b19-10-. The molecule has 1 aliphatic rings. The summed E-state index contributed by atoms with van der Waals surface area (Å²) in [6.45, 7) is 9.25. The quantitative estimate of drug-likeness (QED) is 0.636. The molecule has 0 aromatic heterocycles. The normalized spacial score (nSPS) is 15.0. The van der Waals surface area contributed by atoms with Crippen molar-refractivity contribution in [2.75, 3.05) is 0 Å². The van der Waals surface area contributed by atoms with Gasteiger partial charge in [-0.05, 0) is 46.3 Å². The van der Waals surface area contributed by atoms with E-state index in [1.807, 2.05) is 50.3 Å². The number of benzene rings is 1. The highest BCUT2D eigenvalue weighted by Gasteiger charge is 2.28. The van der Waals surface area contributed by atoms with Gasteiger partial charge in [0, 0.05) is 16.7 Å². The Hall–Kier alpha value is -2.96. The maximum atomic E-state index is 12.5. The minimum absolute atomic E-state index is 0.0133. The van der Waals surface area contributed by atoms with Gasteiger partial charge in [0.2, 0.25) is 0 Å². The molecule has 0 unspecified atom stereocenters. The predicted molar refractivity (Wildman–Crippen MR) is 107 cm³/mol. The summed E-state index contributed by atoms with van der Waals surface area (Å²) in [6.07, 6.45) is 2.88. The molecule has 0 fully saturated rings. The Balaban J connectivity index is 2.51. The average Bonchev–Trinajstić information content (AvgIpc) is 2.95. The van der Waals surface area contributed by atoms with Crippen LogP contribution in [-0.4, -0.2) is 16.6 Å². The monoisotopic (exact) mass is 379 g/mol. The number of ether oxygens (including phenoxy) is 1. The van der Waals surface area contributed by atoms with Crippen LogP contribution in [0, 0.1) is 29.6 Å². The van der Waals surface area contributed by atoms with Crippen LogP contribution in [0.25, 0.3) is 5.57 Å². The second kappa shape index (κ2) is 8.16. The molecule has 0 atom stereocenters. The molecular weight excluding hydrogens is 358 g/mol. The van der Waals surface area contributed by atoms with Crippen molar-refractivity contribution in [1.29, 1.82) is 10.5 Å². The molecular formula is C21H21N3O2S. The molecule has 0 radical (unpaired) electrons. The Bertz CT molecular complexity index is 904. The van der Waals surface area contributed by atoms with Crippen LogP contribution in [0.4, 0.5) is 4.79 Å². The number of rotatable bonds is 2. The Kier molecular flexibility index (Phi) is 6.15. The zero-order chi connectivity index (χ0) is 20.2. The number of nitriles is 2. The molecule has 1 aromatic carbocycles. The lowest BCUT2D eigenvalue weighted by atomic mass is 10.00. The second-order valence-electron chi connectivity index (χ2n) is 7.05. The van der Waals surface area contributed by atoms with Crippen LogP contribution < -0.4 is 0 Å². The van der Waals surface area contributed by atoms with E-state index < -0.39 is 11.7 Å². The number of thioether (sulfide) groups is 1.